The fraction of sp³-hybridized carbons (Fsp3) is 0.538. The molecule has 1 aliphatic heterocycles. The van der Waals surface area contributed by atoms with Crippen LogP contribution in [0.3, 0.4) is 0 Å². The molecular formula is C13H17Br2NO2. The fourth-order valence-electron chi connectivity index (χ4n) is 2.01. The number of halogens is 2. The molecule has 0 aromatic heterocycles. The van der Waals surface area contributed by atoms with Gasteiger partial charge in [-0.15, -0.1) is 0 Å². The summed E-state index contributed by atoms with van der Waals surface area (Å²) in [6.45, 7) is 2.11. The largest absolute Gasteiger partial charge is 0.489 e. The van der Waals surface area contributed by atoms with Crippen LogP contribution in [-0.2, 0) is 11.2 Å². The molecule has 2 rings (SSSR count). The molecule has 18 heavy (non-hydrogen) atoms. The zero-order valence-corrected chi connectivity index (χ0v) is 13.3. The Kier molecular flexibility index (Phi) is 5.48. The van der Waals surface area contributed by atoms with Gasteiger partial charge in [-0.1, -0.05) is 0 Å². The van der Waals surface area contributed by atoms with E-state index in [2.05, 4.69) is 44.0 Å². The Balaban J connectivity index is 2.02. The molecule has 0 saturated carbocycles. The normalized spacial score (nSPS) is 19.2. The van der Waals surface area contributed by atoms with Gasteiger partial charge in [0.25, 0.3) is 0 Å². The summed E-state index contributed by atoms with van der Waals surface area (Å²) in [5, 5.41) is 0. The van der Waals surface area contributed by atoms with Crippen LogP contribution in [0.15, 0.2) is 21.1 Å². The summed E-state index contributed by atoms with van der Waals surface area (Å²) in [4.78, 5) is 0. The van der Waals surface area contributed by atoms with Gasteiger partial charge in [-0.2, -0.15) is 0 Å². The van der Waals surface area contributed by atoms with E-state index >= 15 is 0 Å². The molecule has 1 atom stereocenters. The molecule has 1 aliphatic rings. The maximum absolute atomic E-state index is 5.83. The Morgan fingerprint density at radius 1 is 1.33 bits per heavy atom. The number of ether oxygens (including phenoxy) is 2. The second-order valence-corrected chi connectivity index (χ2v) is 6.08. The molecule has 5 heteroatoms. The van der Waals surface area contributed by atoms with Crippen molar-refractivity contribution in [2.45, 2.75) is 25.4 Å². The topological polar surface area (TPSA) is 44.5 Å². The molecule has 1 aromatic rings. The molecule has 0 aliphatic carbocycles. The summed E-state index contributed by atoms with van der Waals surface area (Å²) in [5.74, 6) is 0.839. The lowest BCUT2D eigenvalue weighted by Crippen LogP contribution is -2.16. The highest BCUT2D eigenvalue weighted by Gasteiger charge is 2.17. The molecule has 1 unspecified atom stereocenters. The SMILES string of the molecule is NCCc1cc(Br)c(OCC2CCCO2)c(Br)c1. The first-order valence-corrected chi connectivity index (χ1v) is 7.71. The van der Waals surface area contributed by atoms with Crippen LogP contribution < -0.4 is 10.5 Å². The van der Waals surface area contributed by atoms with Gasteiger partial charge >= 0.3 is 0 Å². The first-order valence-electron chi connectivity index (χ1n) is 6.13. The van der Waals surface area contributed by atoms with Crippen molar-refractivity contribution in [1.29, 1.82) is 0 Å². The second kappa shape index (κ2) is 6.89. The lowest BCUT2D eigenvalue weighted by Gasteiger charge is -2.15. The summed E-state index contributed by atoms with van der Waals surface area (Å²) in [5.41, 5.74) is 6.76. The maximum Gasteiger partial charge on any atom is 0.147 e. The lowest BCUT2D eigenvalue weighted by atomic mass is 10.1. The van der Waals surface area contributed by atoms with E-state index in [9.17, 15) is 0 Å². The predicted octanol–water partition coefficient (Wildman–Crippen LogP) is 3.27. The Labute approximate surface area is 124 Å². The van der Waals surface area contributed by atoms with E-state index in [0.717, 1.165) is 40.6 Å². The van der Waals surface area contributed by atoms with Crippen LogP contribution in [-0.4, -0.2) is 25.9 Å². The molecule has 1 aromatic carbocycles. The average Bonchev–Trinajstić information content (AvgIpc) is 2.81. The molecule has 100 valence electrons. The highest BCUT2D eigenvalue weighted by atomic mass is 79.9. The molecule has 0 amide bonds. The summed E-state index contributed by atoms with van der Waals surface area (Å²) in [7, 11) is 0. The molecular weight excluding hydrogens is 362 g/mol. The molecule has 2 N–H and O–H groups in total. The Morgan fingerprint density at radius 3 is 2.61 bits per heavy atom. The molecule has 0 radical (unpaired) electrons. The van der Waals surface area contributed by atoms with Crippen LogP contribution in [0.4, 0.5) is 0 Å². The van der Waals surface area contributed by atoms with Gasteiger partial charge in [0.15, 0.2) is 0 Å². The first kappa shape index (κ1) is 14.3. The van der Waals surface area contributed by atoms with Gasteiger partial charge in [-0.05, 0) is 75.4 Å². The van der Waals surface area contributed by atoms with Crippen LogP contribution in [0.1, 0.15) is 18.4 Å². The van der Waals surface area contributed by atoms with Crippen LogP contribution in [0, 0.1) is 0 Å². The summed E-state index contributed by atoms with van der Waals surface area (Å²) in [6.07, 6.45) is 3.31. The number of hydrogen-bond acceptors (Lipinski definition) is 3. The smallest absolute Gasteiger partial charge is 0.147 e. The maximum atomic E-state index is 5.83. The highest BCUT2D eigenvalue weighted by molar-refractivity contribution is 9.11. The third kappa shape index (κ3) is 3.70. The number of benzene rings is 1. The third-order valence-corrected chi connectivity index (χ3v) is 4.11. The number of nitrogens with two attached hydrogens (primary N) is 1. The molecule has 1 saturated heterocycles. The number of rotatable bonds is 5. The van der Waals surface area contributed by atoms with Crippen molar-refractivity contribution in [1.82, 2.24) is 0 Å². The van der Waals surface area contributed by atoms with Gasteiger partial charge < -0.3 is 15.2 Å². The van der Waals surface area contributed by atoms with E-state index in [-0.39, 0.29) is 6.10 Å². The lowest BCUT2D eigenvalue weighted by molar-refractivity contribution is 0.0674. The summed E-state index contributed by atoms with van der Waals surface area (Å²) in [6, 6.07) is 4.12. The molecule has 1 heterocycles. The van der Waals surface area contributed by atoms with Crippen molar-refractivity contribution in [2.75, 3.05) is 19.8 Å². The van der Waals surface area contributed by atoms with E-state index in [0.29, 0.717) is 13.2 Å². The van der Waals surface area contributed by atoms with Crippen LogP contribution >= 0.6 is 31.9 Å². The van der Waals surface area contributed by atoms with Crippen LogP contribution in [0.25, 0.3) is 0 Å². The Hall–Kier alpha value is -0.100. The van der Waals surface area contributed by atoms with Gasteiger partial charge in [0, 0.05) is 6.61 Å². The third-order valence-electron chi connectivity index (χ3n) is 2.93. The van der Waals surface area contributed by atoms with Crippen molar-refractivity contribution in [3.63, 3.8) is 0 Å². The zero-order chi connectivity index (χ0) is 13.0. The van der Waals surface area contributed by atoms with E-state index in [1.807, 2.05) is 0 Å². The number of hydrogen-bond donors (Lipinski definition) is 1. The van der Waals surface area contributed by atoms with E-state index in [1.54, 1.807) is 0 Å². The van der Waals surface area contributed by atoms with E-state index in [1.165, 1.54) is 5.56 Å². The van der Waals surface area contributed by atoms with Gasteiger partial charge in [-0.25, -0.2) is 0 Å². The second-order valence-electron chi connectivity index (χ2n) is 4.37. The Morgan fingerprint density at radius 2 is 2.06 bits per heavy atom. The van der Waals surface area contributed by atoms with Crippen molar-refractivity contribution >= 4 is 31.9 Å². The summed E-state index contributed by atoms with van der Waals surface area (Å²) < 4.78 is 13.3. The van der Waals surface area contributed by atoms with Gasteiger partial charge in [0.2, 0.25) is 0 Å². The van der Waals surface area contributed by atoms with Gasteiger partial charge in [-0.3, -0.25) is 0 Å². The van der Waals surface area contributed by atoms with Crippen LogP contribution in [0.5, 0.6) is 5.75 Å². The van der Waals surface area contributed by atoms with Crippen LogP contribution in [0.2, 0.25) is 0 Å². The average molecular weight is 379 g/mol. The Bertz CT molecular complexity index is 383. The van der Waals surface area contributed by atoms with Crippen molar-refractivity contribution < 1.29 is 9.47 Å². The molecule has 3 nitrogen and oxygen atoms in total. The molecule has 0 bridgehead atoms. The van der Waals surface area contributed by atoms with Crippen molar-refractivity contribution in [3.05, 3.63) is 26.6 Å². The monoisotopic (exact) mass is 377 g/mol. The van der Waals surface area contributed by atoms with E-state index < -0.39 is 0 Å². The zero-order valence-electron chi connectivity index (χ0n) is 10.1. The minimum Gasteiger partial charge on any atom is -0.489 e. The van der Waals surface area contributed by atoms with Crippen molar-refractivity contribution in [2.24, 2.45) is 5.73 Å². The standard InChI is InChI=1S/C13H17Br2NO2/c14-11-6-9(3-4-16)7-12(15)13(11)18-8-10-2-1-5-17-10/h6-7,10H,1-5,8,16H2. The first-order chi connectivity index (χ1) is 8.70. The minimum atomic E-state index is 0.229. The highest BCUT2D eigenvalue weighted by Crippen LogP contribution is 2.35. The van der Waals surface area contributed by atoms with Gasteiger partial charge in [0.1, 0.15) is 12.4 Å². The fourth-order valence-corrected chi connectivity index (χ4v) is 3.52. The predicted molar refractivity (Wildman–Crippen MR) is 79.1 cm³/mol. The molecule has 0 spiro atoms. The quantitative estimate of drug-likeness (QED) is 0.855. The van der Waals surface area contributed by atoms with E-state index in [4.69, 9.17) is 15.2 Å². The van der Waals surface area contributed by atoms with Gasteiger partial charge in [0.05, 0.1) is 15.0 Å². The minimum absolute atomic E-state index is 0.229. The molecule has 1 fully saturated rings. The summed E-state index contributed by atoms with van der Waals surface area (Å²) >= 11 is 7.08. The van der Waals surface area contributed by atoms with Crippen molar-refractivity contribution in [3.8, 4) is 5.75 Å².